The van der Waals surface area contributed by atoms with E-state index in [2.05, 4.69) is 10.6 Å². The monoisotopic (exact) mass is 359 g/mol. The van der Waals surface area contributed by atoms with Crippen LogP contribution in [0.5, 0.6) is 0 Å². The number of amides is 3. The van der Waals surface area contributed by atoms with Gasteiger partial charge in [-0.2, -0.15) is 0 Å². The number of urea groups is 1. The fourth-order valence-electron chi connectivity index (χ4n) is 2.52. The van der Waals surface area contributed by atoms with Crippen molar-refractivity contribution >= 4 is 34.9 Å². The lowest BCUT2D eigenvalue weighted by atomic mass is 10.2. The maximum absolute atomic E-state index is 12.0. The van der Waals surface area contributed by atoms with E-state index in [-0.39, 0.29) is 24.6 Å². The molecule has 1 aliphatic heterocycles. The van der Waals surface area contributed by atoms with Crippen LogP contribution in [0.1, 0.15) is 0 Å². The summed E-state index contributed by atoms with van der Waals surface area (Å²) in [5.74, 6) is -0.0898. The standard InChI is InChI=1S/C18H18ClN3O3/c19-13-6-8-14(9-7-13)21-18(24)20-10-16-11-22(17(23)12-25-16)15-4-2-1-3-5-15/h1-9,16H,10-12H2,(H2,20,21,24). The van der Waals surface area contributed by atoms with Gasteiger partial charge in [0.2, 0.25) is 0 Å². The molecule has 2 N–H and O–H groups in total. The van der Waals surface area contributed by atoms with Crippen molar-refractivity contribution in [1.29, 1.82) is 0 Å². The summed E-state index contributed by atoms with van der Waals surface area (Å²) in [6.45, 7) is 0.695. The Bertz CT molecular complexity index is 737. The van der Waals surface area contributed by atoms with Crippen LogP contribution in [0.15, 0.2) is 54.6 Å². The first-order valence-corrected chi connectivity index (χ1v) is 8.27. The molecule has 6 nitrogen and oxygen atoms in total. The Hall–Kier alpha value is -2.57. The molecule has 0 saturated carbocycles. The van der Waals surface area contributed by atoms with Crippen molar-refractivity contribution in [2.75, 3.05) is 29.9 Å². The van der Waals surface area contributed by atoms with Crippen LogP contribution in [0, 0.1) is 0 Å². The van der Waals surface area contributed by atoms with Gasteiger partial charge in [0.15, 0.2) is 0 Å². The van der Waals surface area contributed by atoms with Gasteiger partial charge in [-0.15, -0.1) is 0 Å². The molecule has 2 aromatic carbocycles. The second kappa shape index (κ2) is 8.00. The van der Waals surface area contributed by atoms with Crippen LogP contribution in [-0.2, 0) is 9.53 Å². The van der Waals surface area contributed by atoms with Gasteiger partial charge in [0.05, 0.1) is 12.6 Å². The predicted octanol–water partition coefficient (Wildman–Crippen LogP) is 2.89. The fourth-order valence-corrected chi connectivity index (χ4v) is 2.65. The quantitative estimate of drug-likeness (QED) is 0.881. The molecule has 0 radical (unpaired) electrons. The van der Waals surface area contributed by atoms with Crippen molar-refractivity contribution in [2.24, 2.45) is 0 Å². The minimum Gasteiger partial charge on any atom is -0.365 e. The third-order valence-electron chi connectivity index (χ3n) is 3.79. The van der Waals surface area contributed by atoms with Gasteiger partial charge in [-0.3, -0.25) is 4.79 Å². The minimum atomic E-state index is -0.339. The fraction of sp³-hybridized carbons (Fsp3) is 0.222. The van der Waals surface area contributed by atoms with Crippen LogP contribution >= 0.6 is 11.6 Å². The maximum Gasteiger partial charge on any atom is 0.319 e. The summed E-state index contributed by atoms with van der Waals surface area (Å²) >= 11 is 5.81. The molecule has 0 aliphatic carbocycles. The van der Waals surface area contributed by atoms with Gasteiger partial charge in [0, 0.05) is 22.9 Å². The normalized spacial score (nSPS) is 17.2. The molecular formula is C18H18ClN3O3. The highest BCUT2D eigenvalue weighted by molar-refractivity contribution is 6.30. The number of para-hydroxylation sites is 1. The van der Waals surface area contributed by atoms with E-state index in [0.29, 0.717) is 23.8 Å². The number of halogens is 1. The SMILES string of the molecule is O=C(NCC1CN(c2ccccc2)C(=O)CO1)Nc1ccc(Cl)cc1. The lowest BCUT2D eigenvalue weighted by molar-refractivity contribution is -0.129. The summed E-state index contributed by atoms with van der Waals surface area (Å²) in [6, 6.07) is 15.9. The smallest absolute Gasteiger partial charge is 0.319 e. The number of anilines is 2. The van der Waals surface area contributed by atoms with E-state index < -0.39 is 0 Å². The highest BCUT2D eigenvalue weighted by Gasteiger charge is 2.27. The number of nitrogens with one attached hydrogen (secondary N) is 2. The molecule has 3 rings (SSSR count). The van der Waals surface area contributed by atoms with Crippen molar-refractivity contribution < 1.29 is 14.3 Å². The zero-order valence-corrected chi connectivity index (χ0v) is 14.2. The first kappa shape index (κ1) is 17.3. The third kappa shape index (κ3) is 4.71. The number of rotatable bonds is 4. The average Bonchev–Trinajstić information content (AvgIpc) is 2.64. The number of hydrogen-bond acceptors (Lipinski definition) is 3. The summed E-state index contributed by atoms with van der Waals surface area (Å²) in [6.07, 6.45) is -0.270. The Morgan fingerprint density at radius 1 is 1.16 bits per heavy atom. The first-order valence-electron chi connectivity index (χ1n) is 7.89. The molecule has 1 unspecified atom stereocenters. The molecule has 2 aromatic rings. The molecule has 1 saturated heterocycles. The van der Waals surface area contributed by atoms with Crippen molar-refractivity contribution in [3.8, 4) is 0 Å². The second-order valence-electron chi connectivity index (χ2n) is 5.61. The van der Waals surface area contributed by atoms with Gasteiger partial charge in [0.25, 0.3) is 5.91 Å². The molecule has 130 valence electrons. The van der Waals surface area contributed by atoms with Crippen LogP contribution in [-0.4, -0.2) is 37.7 Å². The molecular weight excluding hydrogens is 342 g/mol. The molecule has 1 aliphatic rings. The number of carbonyl (C=O) groups is 2. The molecule has 0 spiro atoms. The largest absolute Gasteiger partial charge is 0.365 e. The number of morpholine rings is 1. The van der Waals surface area contributed by atoms with Gasteiger partial charge < -0.3 is 20.3 Å². The van der Waals surface area contributed by atoms with E-state index in [4.69, 9.17) is 16.3 Å². The maximum atomic E-state index is 12.0. The van der Waals surface area contributed by atoms with Gasteiger partial charge in [-0.05, 0) is 36.4 Å². The zero-order valence-electron chi connectivity index (χ0n) is 13.4. The Labute approximate surface area is 150 Å². The zero-order chi connectivity index (χ0) is 17.6. The van der Waals surface area contributed by atoms with Crippen molar-refractivity contribution in [2.45, 2.75) is 6.10 Å². The highest BCUT2D eigenvalue weighted by Crippen LogP contribution is 2.18. The summed E-state index contributed by atoms with van der Waals surface area (Å²) in [7, 11) is 0. The Morgan fingerprint density at radius 3 is 2.60 bits per heavy atom. The summed E-state index contributed by atoms with van der Waals surface area (Å²) in [5.41, 5.74) is 1.47. The average molecular weight is 360 g/mol. The van der Waals surface area contributed by atoms with Crippen molar-refractivity contribution in [3.05, 3.63) is 59.6 Å². The number of benzene rings is 2. The van der Waals surface area contributed by atoms with Gasteiger partial charge in [-0.25, -0.2) is 4.79 Å². The number of hydrogen-bond donors (Lipinski definition) is 2. The Balaban J connectivity index is 1.52. The second-order valence-corrected chi connectivity index (χ2v) is 6.05. The number of nitrogens with zero attached hydrogens (tertiary/aromatic N) is 1. The Kier molecular flexibility index (Phi) is 5.53. The van der Waals surface area contributed by atoms with Crippen LogP contribution in [0.25, 0.3) is 0 Å². The Morgan fingerprint density at radius 2 is 1.88 bits per heavy atom. The minimum absolute atomic E-state index is 0.0000440. The van der Waals surface area contributed by atoms with E-state index >= 15 is 0 Å². The van der Waals surface area contributed by atoms with Crippen molar-refractivity contribution in [3.63, 3.8) is 0 Å². The van der Waals surface area contributed by atoms with E-state index in [1.54, 1.807) is 29.2 Å². The van der Waals surface area contributed by atoms with Crippen LogP contribution in [0.4, 0.5) is 16.2 Å². The number of ether oxygens (including phenoxy) is 1. The molecule has 3 amide bonds. The molecule has 1 heterocycles. The summed E-state index contributed by atoms with van der Waals surface area (Å²) in [4.78, 5) is 25.7. The van der Waals surface area contributed by atoms with Gasteiger partial charge in [0.1, 0.15) is 6.61 Å². The van der Waals surface area contributed by atoms with E-state index in [1.165, 1.54) is 0 Å². The van der Waals surface area contributed by atoms with Crippen LogP contribution in [0.2, 0.25) is 5.02 Å². The van der Waals surface area contributed by atoms with Gasteiger partial charge >= 0.3 is 6.03 Å². The van der Waals surface area contributed by atoms with Crippen molar-refractivity contribution in [1.82, 2.24) is 5.32 Å². The topological polar surface area (TPSA) is 70.7 Å². The van der Waals surface area contributed by atoms with Crippen LogP contribution < -0.4 is 15.5 Å². The molecule has 0 aromatic heterocycles. The van der Waals surface area contributed by atoms with Crippen LogP contribution in [0.3, 0.4) is 0 Å². The lowest BCUT2D eigenvalue weighted by Crippen LogP contribution is -2.51. The number of carbonyl (C=O) groups excluding carboxylic acids is 2. The first-order chi connectivity index (χ1) is 12.1. The molecule has 1 atom stereocenters. The van der Waals surface area contributed by atoms with E-state index in [9.17, 15) is 9.59 Å². The third-order valence-corrected chi connectivity index (χ3v) is 4.04. The van der Waals surface area contributed by atoms with E-state index in [1.807, 2.05) is 30.3 Å². The molecule has 0 bridgehead atoms. The van der Waals surface area contributed by atoms with E-state index in [0.717, 1.165) is 5.69 Å². The lowest BCUT2D eigenvalue weighted by Gasteiger charge is -2.32. The molecule has 25 heavy (non-hydrogen) atoms. The predicted molar refractivity (Wildman–Crippen MR) is 97.0 cm³/mol. The molecule has 1 fully saturated rings. The summed E-state index contributed by atoms with van der Waals surface area (Å²) < 4.78 is 5.51. The van der Waals surface area contributed by atoms with Gasteiger partial charge in [-0.1, -0.05) is 29.8 Å². The molecule has 7 heteroatoms. The summed E-state index contributed by atoms with van der Waals surface area (Å²) in [5, 5.41) is 6.08. The highest BCUT2D eigenvalue weighted by atomic mass is 35.5.